The molecule has 1 aliphatic carbocycles. The SMILES string of the molecule is [2H]C([2H])([2H])[C@@]1(C)C[C@H](C(C)(C)C)CCC1=O. The zero-order chi connectivity index (χ0) is 12.8. The van der Waals surface area contributed by atoms with Gasteiger partial charge in [0.2, 0.25) is 0 Å². The first-order chi connectivity index (χ1) is 6.98. The Morgan fingerprint density at radius 2 is 2.15 bits per heavy atom. The monoisotopic (exact) mass is 185 g/mol. The largest absolute Gasteiger partial charge is 0.299 e. The van der Waals surface area contributed by atoms with Crippen LogP contribution in [0.2, 0.25) is 0 Å². The quantitative estimate of drug-likeness (QED) is 0.565. The number of carbonyl (C=O) groups is 1. The van der Waals surface area contributed by atoms with Crippen LogP contribution in [0.3, 0.4) is 0 Å². The lowest BCUT2D eigenvalue weighted by atomic mass is 9.63. The van der Waals surface area contributed by atoms with E-state index in [2.05, 4.69) is 20.8 Å². The minimum atomic E-state index is -2.17. The van der Waals surface area contributed by atoms with Crippen molar-refractivity contribution in [3.8, 4) is 0 Å². The van der Waals surface area contributed by atoms with E-state index in [-0.39, 0.29) is 11.2 Å². The van der Waals surface area contributed by atoms with Crippen molar-refractivity contribution in [3.63, 3.8) is 0 Å². The first-order valence-electron chi connectivity index (χ1n) is 6.52. The van der Waals surface area contributed by atoms with Gasteiger partial charge in [0.15, 0.2) is 0 Å². The van der Waals surface area contributed by atoms with Gasteiger partial charge in [-0.15, -0.1) is 0 Å². The van der Waals surface area contributed by atoms with E-state index in [0.717, 1.165) is 6.42 Å². The average molecular weight is 185 g/mol. The maximum atomic E-state index is 11.9. The third kappa shape index (κ3) is 2.32. The van der Waals surface area contributed by atoms with Gasteiger partial charge >= 0.3 is 0 Å². The highest BCUT2D eigenvalue weighted by Gasteiger charge is 2.39. The maximum Gasteiger partial charge on any atom is 0.138 e. The molecule has 0 heterocycles. The average Bonchev–Trinajstić information content (AvgIpc) is 2.06. The Bertz CT molecular complexity index is 288. The molecule has 0 spiro atoms. The van der Waals surface area contributed by atoms with E-state index in [4.69, 9.17) is 4.11 Å². The van der Waals surface area contributed by atoms with Gasteiger partial charge in [0.05, 0.1) is 0 Å². The minimum absolute atomic E-state index is 0.0766. The van der Waals surface area contributed by atoms with Crippen LogP contribution in [0.1, 0.15) is 57.9 Å². The van der Waals surface area contributed by atoms with Crippen LogP contribution < -0.4 is 0 Å². The molecule has 76 valence electrons. The first kappa shape index (κ1) is 7.03. The lowest BCUT2D eigenvalue weighted by Crippen LogP contribution is -2.37. The van der Waals surface area contributed by atoms with Gasteiger partial charge < -0.3 is 0 Å². The lowest BCUT2D eigenvalue weighted by Gasteiger charge is -2.40. The summed E-state index contributed by atoms with van der Waals surface area (Å²) in [5.74, 6) is 0.226. The molecule has 1 fully saturated rings. The van der Waals surface area contributed by atoms with E-state index in [9.17, 15) is 4.79 Å². The molecule has 1 nitrogen and oxygen atoms in total. The van der Waals surface area contributed by atoms with Crippen molar-refractivity contribution >= 4 is 5.78 Å². The van der Waals surface area contributed by atoms with Crippen LogP contribution in [0.25, 0.3) is 0 Å². The Morgan fingerprint density at radius 1 is 1.54 bits per heavy atom. The Kier molecular flexibility index (Phi) is 1.68. The fraction of sp³-hybridized carbons (Fsp3) is 0.917. The van der Waals surface area contributed by atoms with Crippen LogP contribution in [0, 0.1) is 16.7 Å². The second-order valence-corrected chi connectivity index (χ2v) is 5.56. The lowest BCUT2D eigenvalue weighted by molar-refractivity contribution is -0.132. The third-order valence-electron chi connectivity index (χ3n) is 3.21. The molecule has 0 amide bonds. The number of hydrogen-bond acceptors (Lipinski definition) is 1. The summed E-state index contributed by atoms with van der Waals surface area (Å²) >= 11 is 0. The Balaban J connectivity index is 2.98. The van der Waals surface area contributed by atoms with Crippen molar-refractivity contribution in [1.29, 1.82) is 0 Å². The van der Waals surface area contributed by atoms with Crippen LogP contribution >= 0.6 is 0 Å². The molecule has 0 N–H and O–H groups in total. The number of ketones is 1. The zero-order valence-electron chi connectivity index (χ0n) is 12.1. The second kappa shape index (κ2) is 3.11. The predicted octanol–water partition coefficient (Wildman–Crippen LogP) is 3.43. The second-order valence-electron chi connectivity index (χ2n) is 5.56. The van der Waals surface area contributed by atoms with Crippen LogP contribution in [0.4, 0.5) is 0 Å². The fourth-order valence-corrected chi connectivity index (χ4v) is 2.03. The summed E-state index contributed by atoms with van der Waals surface area (Å²) in [6.07, 6.45) is 1.73. The molecule has 0 aliphatic heterocycles. The summed E-state index contributed by atoms with van der Waals surface area (Å²) in [6, 6.07) is 0. The van der Waals surface area contributed by atoms with Crippen molar-refractivity contribution in [3.05, 3.63) is 0 Å². The van der Waals surface area contributed by atoms with Crippen molar-refractivity contribution in [2.45, 2.75) is 53.8 Å². The minimum Gasteiger partial charge on any atom is -0.299 e. The van der Waals surface area contributed by atoms with E-state index in [1.807, 2.05) is 0 Å². The number of carbonyl (C=O) groups excluding carboxylic acids is 1. The zero-order valence-corrected chi connectivity index (χ0v) is 9.11. The van der Waals surface area contributed by atoms with E-state index in [1.165, 1.54) is 0 Å². The highest BCUT2D eigenvalue weighted by molar-refractivity contribution is 5.84. The fourth-order valence-electron chi connectivity index (χ4n) is 2.03. The molecular formula is C12H22O. The first-order valence-corrected chi connectivity index (χ1v) is 5.02. The van der Waals surface area contributed by atoms with Crippen molar-refractivity contribution in [1.82, 2.24) is 0 Å². The highest BCUT2D eigenvalue weighted by Crippen LogP contribution is 2.43. The van der Waals surface area contributed by atoms with Gasteiger partial charge in [-0.3, -0.25) is 4.79 Å². The van der Waals surface area contributed by atoms with Crippen LogP contribution in [0.15, 0.2) is 0 Å². The van der Waals surface area contributed by atoms with Crippen LogP contribution in [-0.4, -0.2) is 5.78 Å². The molecular weight excluding hydrogens is 160 g/mol. The molecule has 0 aromatic rings. The number of Topliss-reactive ketones (excluding diaryl/α,β-unsaturated/α-hetero) is 1. The normalized spacial score (nSPS) is 40.8. The van der Waals surface area contributed by atoms with Gasteiger partial charge in [0, 0.05) is 15.9 Å². The predicted molar refractivity (Wildman–Crippen MR) is 55.6 cm³/mol. The summed E-state index contributed by atoms with van der Waals surface area (Å²) in [5, 5.41) is 0. The number of hydrogen-bond donors (Lipinski definition) is 0. The molecule has 0 radical (unpaired) electrons. The van der Waals surface area contributed by atoms with E-state index >= 15 is 0 Å². The molecule has 0 saturated heterocycles. The summed E-state index contributed by atoms with van der Waals surface area (Å²) in [7, 11) is 0. The van der Waals surface area contributed by atoms with Gasteiger partial charge in [0.25, 0.3) is 0 Å². The van der Waals surface area contributed by atoms with Gasteiger partial charge in [-0.05, 0) is 24.2 Å². The molecule has 0 aromatic carbocycles. The van der Waals surface area contributed by atoms with Gasteiger partial charge in [0.1, 0.15) is 5.78 Å². The Morgan fingerprint density at radius 3 is 2.62 bits per heavy atom. The van der Waals surface area contributed by atoms with Gasteiger partial charge in [-0.1, -0.05) is 34.5 Å². The van der Waals surface area contributed by atoms with E-state index in [1.54, 1.807) is 6.92 Å². The summed E-state index contributed by atoms with van der Waals surface area (Å²) < 4.78 is 22.7. The number of rotatable bonds is 0. The Hall–Kier alpha value is -0.330. The highest BCUT2D eigenvalue weighted by atomic mass is 16.1. The van der Waals surface area contributed by atoms with Crippen LogP contribution in [0.5, 0.6) is 0 Å². The molecule has 0 aromatic heterocycles. The molecule has 1 heteroatoms. The molecule has 2 atom stereocenters. The van der Waals surface area contributed by atoms with Crippen molar-refractivity contribution in [2.75, 3.05) is 0 Å². The summed E-state index contributed by atoms with van der Waals surface area (Å²) in [6.45, 7) is 5.79. The van der Waals surface area contributed by atoms with E-state index < -0.39 is 12.3 Å². The van der Waals surface area contributed by atoms with E-state index in [0.29, 0.717) is 18.8 Å². The summed E-state index contributed by atoms with van der Waals surface area (Å²) in [4.78, 5) is 11.9. The topological polar surface area (TPSA) is 17.1 Å². The van der Waals surface area contributed by atoms with Crippen molar-refractivity contribution in [2.24, 2.45) is 16.7 Å². The maximum absolute atomic E-state index is 11.9. The third-order valence-corrected chi connectivity index (χ3v) is 3.21. The van der Waals surface area contributed by atoms with Gasteiger partial charge in [-0.25, -0.2) is 0 Å². The van der Waals surface area contributed by atoms with Crippen LogP contribution in [-0.2, 0) is 4.79 Å². The Labute approximate surface area is 86.1 Å². The molecule has 0 unspecified atom stereocenters. The smallest absolute Gasteiger partial charge is 0.138 e. The standard InChI is InChI=1S/C12H22O/c1-11(2,3)9-6-7-10(13)12(4,5)8-9/h9H,6-8H2,1-5H3/t9-/m1/s1/i4D3/t9-,12-. The summed E-state index contributed by atoms with van der Waals surface area (Å²) in [5.41, 5.74) is -1.06. The molecule has 1 rings (SSSR count). The van der Waals surface area contributed by atoms with Crippen molar-refractivity contribution < 1.29 is 8.91 Å². The molecule has 13 heavy (non-hydrogen) atoms. The molecule has 1 saturated carbocycles. The molecule has 1 aliphatic rings. The van der Waals surface area contributed by atoms with Gasteiger partial charge in [-0.2, -0.15) is 0 Å². The molecule has 0 bridgehead atoms.